The molecule has 0 aliphatic rings. The summed E-state index contributed by atoms with van der Waals surface area (Å²) in [5.41, 5.74) is 0.349. The molecule has 0 aromatic heterocycles. The third-order valence-electron chi connectivity index (χ3n) is 3.24. The molecule has 1 aromatic carbocycles. The van der Waals surface area contributed by atoms with Crippen molar-refractivity contribution in [1.29, 1.82) is 0 Å². The zero-order valence-corrected chi connectivity index (χ0v) is 13.0. The van der Waals surface area contributed by atoms with Crippen molar-refractivity contribution >= 4 is 5.97 Å². The van der Waals surface area contributed by atoms with Crippen molar-refractivity contribution in [3.63, 3.8) is 0 Å². The Kier molecular flexibility index (Phi) is 6.30. The van der Waals surface area contributed by atoms with E-state index in [4.69, 9.17) is 0 Å². The van der Waals surface area contributed by atoms with Gasteiger partial charge in [0.25, 0.3) is 0 Å². The lowest BCUT2D eigenvalue weighted by atomic mass is 10.1. The summed E-state index contributed by atoms with van der Waals surface area (Å²) in [6, 6.07) is 2.90. The molecule has 0 aliphatic carbocycles. The molecule has 1 rings (SSSR count). The van der Waals surface area contributed by atoms with Gasteiger partial charge in [0.15, 0.2) is 0 Å². The van der Waals surface area contributed by atoms with Gasteiger partial charge in [0.1, 0.15) is 11.5 Å². The summed E-state index contributed by atoms with van der Waals surface area (Å²) in [4.78, 5) is 11.2. The number of phenolic OH excluding ortho intramolecular Hbond substituents is 1. The molecule has 0 bridgehead atoms. The van der Waals surface area contributed by atoms with Crippen LogP contribution in [0.25, 0.3) is 0 Å². The topological polar surface area (TPSA) is 46.5 Å². The van der Waals surface area contributed by atoms with E-state index in [1.807, 2.05) is 6.92 Å². The number of esters is 1. The van der Waals surface area contributed by atoms with Gasteiger partial charge in [-0.05, 0) is 30.5 Å². The first-order valence-corrected chi connectivity index (χ1v) is 7.20. The zero-order chi connectivity index (χ0) is 19.5. The van der Waals surface area contributed by atoms with Crippen LogP contribution in [0.15, 0.2) is 18.2 Å². The van der Waals surface area contributed by atoms with Gasteiger partial charge < -0.3 is 9.84 Å². The molecule has 0 aliphatic heterocycles. The fraction of sp³-hybridized carbons (Fsp3) is 0.533. The summed E-state index contributed by atoms with van der Waals surface area (Å²) in [7, 11) is 0. The number of alkyl halides is 7. The second-order valence-corrected chi connectivity index (χ2v) is 5.33. The van der Waals surface area contributed by atoms with Gasteiger partial charge in [0.05, 0.1) is 0 Å². The highest BCUT2D eigenvalue weighted by Gasteiger charge is 2.77. The van der Waals surface area contributed by atoms with Crippen LogP contribution in [-0.2, 0) is 11.2 Å². The number of rotatable bonds is 7. The highest BCUT2D eigenvalue weighted by atomic mass is 19.4. The van der Waals surface area contributed by atoms with E-state index in [1.165, 1.54) is 6.07 Å². The molecule has 25 heavy (non-hydrogen) atoms. The Morgan fingerprint density at radius 3 is 2.16 bits per heavy atom. The maximum absolute atomic E-state index is 13.2. The Hall–Kier alpha value is -2.00. The molecular formula is C15H15F7O3. The van der Waals surface area contributed by atoms with Crippen molar-refractivity contribution in [1.82, 2.24) is 0 Å². The number of carbonyl (C=O) groups excluding carboxylic acids is 1. The number of aromatic hydroxyl groups is 1. The maximum atomic E-state index is 13.2. The van der Waals surface area contributed by atoms with Crippen molar-refractivity contribution in [2.24, 2.45) is 0 Å². The average molecular weight is 376 g/mol. The summed E-state index contributed by atoms with van der Waals surface area (Å²) in [5.74, 6) is -17.1. The third-order valence-corrected chi connectivity index (χ3v) is 3.24. The number of carbonyl (C=O) groups is 1. The second kappa shape index (κ2) is 7.49. The van der Waals surface area contributed by atoms with E-state index in [0.717, 1.165) is 18.9 Å². The Balaban J connectivity index is 2.99. The van der Waals surface area contributed by atoms with Gasteiger partial charge in [-0.3, -0.25) is 0 Å². The van der Waals surface area contributed by atoms with Crippen LogP contribution in [0, 0.1) is 0 Å². The minimum atomic E-state index is -6.64. The standard InChI is InChI=1S/C15H15F7O3/c1-2-3-4-5-9-6-10(23)8-11(7-9)25-12(24)13(16,17)14(18,19)15(20,21)22/h6-8,23H,2-5H2,1H3. The molecule has 0 fully saturated rings. The summed E-state index contributed by atoms with van der Waals surface area (Å²) in [6.45, 7) is 1.92. The van der Waals surface area contributed by atoms with E-state index in [0.29, 0.717) is 24.5 Å². The largest absolute Gasteiger partial charge is 0.508 e. The Morgan fingerprint density at radius 1 is 1.04 bits per heavy atom. The molecule has 1 aromatic rings. The number of phenols is 1. The minimum Gasteiger partial charge on any atom is -0.508 e. The van der Waals surface area contributed by atoms with Gasteiger partial charge in [0, 0.05) is 6.07 Å². The number of benzene rings is 1. The molecule has 142 valence electrons. The van der Waals surface area contributed by atoms with Crippen LogP contribution in [0.1, 0.15) is 31.7 Å². The SMILES string of the molecule is CCCCCc1cc(O)cc(OC(=O)C(F)(F)C(F)(F)C(F)(F)F)c1. The Labute approximate surface area is 138 Å². The molecule has 0 amide bonds. The molecule has 1 N–H and O–H groups in total. The lowest BCUT2D eigenvalue weighted by Gasteiger charge is -2.26. The van der Waals surface area contributed by atoms with Crippen molar-refractivity contribution in [2.75, 3.05) is 0 Å². The van der Waals surface area contributed by atoms with Gasteiger partial charge in [-0.2, -0.15) is 30.7 Å². The van der Waals surface area contributed by atoms with Crippen molar-refractivity contribution in [3.8, 4) is 11.5 Å². The maximum Gasteiger partial charge on any atom is 0.460 e. The number of hydrogen-bond donors (Lipinski definition) is 1. The van der Waals surface area contributed by atoms with Gasteiger partial charge in [0.2, 0.25) is 0 Å². The molecule has 0 radical (unpaired) electrons. The van der Waals surface area contributed by atoms with E-state index < -0.39 is 35.5 Å². The molecule has 0 saturated heterocycles. The van der Waals surface area contributed by atoms with Crippen LogP contribution < -0.4 is 4.74 Å². The second-order valence-electron chi connectivity index (χ2n) is 5.33. The molecule has 0 saturated carbocycles. The summed E-state index contributed by atoms with van der Waals surface area (Å²) in [5, 5.41) is 9.45. The van der Waals surface area contributed by atoms with Crippen LogP contribution in [0.4, 0.5) is 30.7 Å². The Bertz CT molecular complexity index is 612. The number of ether oxygens (including phenoxy) is 1. The first-order valence-electron chi connectivity index (χ1n) is 7.20. The third kappa shape index (κ3) is 4.76. The predicted molar refractivity (Wildman–Crippen MR) is 72.9 cm³/mol. The zero-order valence-electron chi connectivity index (χ0n) is 13.0. The molecular weight excluding hydrogens is 361 g/mol. The van der Waals surface area contributed by atoms with E-state index in [-0.39, 0.29) is 0 Å². The first kappa shape index (κ1) is 21.0. The Morgan fingerprint density at radius 2 is 1.64 bits per heavy atom. The summed E-state index contributed by atoms with van der Waals surface area (Å²) in [6.07, 6.45) is -3.96. The smallest absolute Gasteiger partial charge is 0.460 e. The van der Waals surface area contributed by atoms with Gasteiger partial charge in [-0.25, -0.2) is 4.79 Å². The van der Waals surface area contributed by atoms with Crippen LogP contribution in [-0.4, -0.2) is 29.1 Å². The van der Waals surface area contributed by atoms with E-state index in [9.17, 15) is 40.6 Å². The summed E-state index contributed by atoms with van der Waals surface area (Å²) < 4.78 is 92.2. The van der Waals surface area contributed by atoms with Crippen molar-refractivity contribution in [3.05, 3.63) is 23.8 Å². The molecule has 10 heteroatoms. The van der Waals surface area contributed by atoms with E-state index in [1.54, 1.807) is 0 Å². The number of hydrogen-bond acceptors (Lipinski definition) is 3. The first-order chi connectivity index (χ1) is 11.3. The highest BCUT2D eigenvalue weighted by molar-refractivity contribution is 5.81. The van der Waals surface area contributed by atoms with Crippen LogP contribution in [0.5, 0.6) is 11.5 Å². The number of halogens is 7. The summed E-state index contributed by atoms with van der Waals surface area (Å²) >= 11 is 0. The molecule has 0 atom stereocenters. The highest BCUT2D eigenvalue weighted by Crippen LogP contribution is 2.47. The fourth-order valence-corrected chi connectivity index (χ4v) is 1.90. The van der Waals surface area contributed by atoms with Crippen molar-refractivity contribution in [2.45, 2.75) is 50.6 Å². The van der Waals surface area contributed by atoms with Gasteiger partial charge in [-0.15, -0.1) is 0 Å². The minimum absolute atomic E-state index is 0.349. The number of aryl methyl sites for hydroxylation is 1. The number of unbranched alkanes of at least 4 members (excludes halogenated alkanes) is 2. The van der Waals surface area contributed by atoms with Crippen LogP contribution in [0.3, 0.4) is 0 Å². The quantitative estimate of drug-likeness (QED) is 0.320. The van der Waals surface area contributed by atoms with E-state index in [2.05, 4.69) is 4.74 Å². The lowest BCUT2D eigenvalue weighted by molar-refractivity contribution is -0.346. The van der Waals surface area contributed by atoms with Crippen molar-refractivity contribution < 1.29 is 45.4 Å². The van der Waals surface area contributed by atoms with Crippen LogP contribution >= 0.6 is 0 Å². The lowest BCUT2D eigenvalue weighted by Crippen LogP contribution is -2.57. The monoisotopic (exact) mass is 376 g/mol. The van der Waals surface area contributed by atoms with Gasteiger partial charge >= 0.3 is 24.0 Å². The average Bonchev–Trinajstić information content (AvgIpc) is 2.45. The molecule has 0 heterocycles. The van der Waals surface area contributed by atoms with Crippen LogP contribution in [0.2, 0.25) is 0 Å². The molecule has 3 nitrogen and oxygen atoms in total. The molecule has 0 spiro atoms. The van der Waals surface area contributed by atoms with E-state index >= 15 is 0 Å². The predicted octanol–water partition coefficient (Wildman–Crippen LogP) is 4.86. The molecule has 0 unspecified atom stereocenters. The fourth-order valence-electron chi connectivity index (χ4n) is 1.90. The normalized spacial score (nSPS) is 13.0. The van der Waals surface area contributed by atoms with Gasteiger partial charge in [-0.1, -0.05) is 19.8 Å².